The molecule has 1 atom stereocenters. The predicted molar refractivity (Wildman–Crippen MR) is 92.2 cm³/mol. The molecule has 1 unspecified atom stereocenters. The number of anilines is 2. The Morgan fingerprint density at radius 2 is 2.25 bits per heavy atom. The van der Waals surface area contributed by atoms with E-state index >= 15 is 0 Å². The second-order valence-corrected chi connectivity index (χ2v) is 7.63. The standard InChI is InChI=1S/C15H16FN5OS2/c1-3-5-12-18-13(22-21-12)9(2)23-15-20-19-14(24-15)17-11-7-4-6-10(16)8-11/h4,6-9H,3,5H2,1-2H3,(H,17,19). The zero-order valence-electron chi connectivity index (χ0n) is 13.2. The molecule has 0 amide bonds. The molecule has 0 aliphatic rings. The molecule has 126 valence electrons. The minimum atomic E-state index is -0.299. The van der Waals surface area contributed by atoms with Gasteiger partial charge in [-0.3, -0.25) is 0 Å². The molecule has 1 aromatic carbocycles. The van der Waals surface area contributed by atoms with Gasteiger partial charge in [-0.05, 0) is 31.5 Å². The van der Waals surface area contributed by atoms with Gasteiger partial charge in [0.05, 0.1) is 5.25 Å². The zero-order chi connectivity index (χ0) is 16.9. The van der Waals surface area contributed by atoms with E-state index in [0.29, 0.717) is 16.7 Å². The summed E-state index contributed by atoms with van der Waals surface area (Å²) in [4.78, 5) is 4.38. The van der Waals surface area contributed by atoms with Crippen LogP contribution in [0.1, 0.15) is 37.2 Å². The first-order valence-electron chi connectivity index (χ1n) is 7.49. The van der Waals surface area contributed by atoms with Crippen molar-refractivity contribution < 1.29 is 8.91 Å². The SMILES string of the molecule is CCCc1noc(C(C)Sc2nnc(Nc3cccc(F)c3)s2)n1. The van der Waals surface area contributed by atoms with Crippen molar-refractivity contribution in [2.75, 3.05) is 5.32 Å². The summed E-state index contributed by atoms with van der Waals surface area (Å²) in [6, 6.07) is 6.21. The van der Waals surface area contributed by atoms with Crippen molar-refractivity contribution in [3.8, 4) is 0 Å². The van der Waals surface area contributed by atoms with Crippen LogP contribution in [0.3, 0.4) is 0 Å². The second kappa shape index (κ2) is 7.71. The summed E-state index contributed by atoms with van der Waals surface area (Å²) >= 11 is 2.89. The maximum Gasteiger partial charge on any atom is 0.239 e. The lowest BCUT2D eigenvalue weighted by molar-refractivity contribution is 0.374. The number of thioether (sulfide) groups is 1. The summed E-state index contributed by atoms with van der Waals surface area (Å²) in [5.74, 6) is 1.01. The zero-order valence-corrected chi connectivity index (χ0v) is 14.8. The van der Waals surface area contributed by atoms with Gasteiger partial charge in [0.2, 0.25) is 11.0 Å². The highest BCUT2D eigenvalue weighted by Gasteiger charge is 2.18. The number of nitrogens with zero attached hydrogens (tertiary/aromatic N) is 4. The normalized spacial score (nSPS) is 12.3. The summed E-state index contributed by atoms with van der Waals surface area (Å²) in [7, 11) is 0. The second-order valence-electron chi connectivity index (χ2n) is 5.07. The molecule has 0 bridgehead atoms. The van der Waals surface area contributed by atoms with E-state index in [1.165, 1.54) is 35.2 Å². The van der Waals surface area contributed by atoms with Crippen molar-refractivity contribution in [2.45, 2.75) is 36.3 Å². The lowest BCUT2D eigenvalue weighted by atomic mass is 10.3. The fourth-order valence-corrected chi connectivity index (χ4v) is 3.90. The Labute approximate surface area is 146 Å². The van der Waals surface area contributed by atoms with Gasteiger partial charge in [-0.2, -0.15) is 4.98 Å². The first-order chi connectivity index (χ1) is 11.6. The molecule has 2 aromatic heterocycles. The number of nitrogens with one attached hydrogen (secondary N) is 1. The van der Waals surface area contributed by atoms with E-state index in [-0.39, 0.29) is 11.1 Å². The highest BCUT2D eigenvalue weighted by atomic mass is 32.2. The number of aryl methyl sites for hydroxylation is 1. The first-order valence-corrected chi connectivity index (χ1v) is 9.19. The third-order valence-electron chi connectivity index (χ3n) is 3.07. The third-order valence-corrected chi connectivity index (χ3v) is 5.08. The van der Waals surface area contributed by atoms with Gasteiger partial charge < -0.3 is 9.84 Å². The molecule has 0 spiro atoms. The minimum Gasteiger partial charge on any atom is -0.338 e. The van der Waals surface area contributed by atoms with Crippen molar-refractivity contribution in [2.24, 2.45) is 0 Å². The van der Waals surface area contributed by atoms with Crippen LogP contribution in [-0.2, 0) is 6.42 Å². The summed E-state index contributed by atoms with van der Waals surface area (Å²) in [6.07, 6.45) is 1.79. The van der Waals surface area contributed by atoms with Crippen molar-refractivity contribution in [3.63, 3.8) is 0 Å². The Morgan fingerprint density at radius 1 is 1.38 bits per heavy atom. The molecule has 6 nitrogen and oxygen atoms in total. The lowest BCUT2D eigenvalue weighted by Gasteiger charge is -2.02. The molecule has 0 saturated heterocycles. The maximum absolute atomic E-state index is 13.2. The Balaban J connectivity index is 1.62. The van der Waals surface area contributed by atoms with Crippen molar-refractivity contribution in [3.05, 3.63) is 41.8 Å². The highest BCUT2D eigenvalue weighted by Crippen LogP contribution is 2.37. The van der Waals surface area contributed by atoms with Crippen molar-refractivity contribution in [1.29, 1.82) is 0 Å². The van der Waals surface area contributed by atoms with E-state index in [4.69, 9.17) is 4.52 Å². The van der Waals surface area contributed by atoms with Crippen LogP contribution in [0.5, 0.6) is 0 Å². The summed E-state index contributed by atoms with van der Waals surface area (Å²) in [5.41, 5.74) is 0.636. The number of hydrogen-bond donors (Lipinski definition) is 1. The molecule has 3 aromatic rings. The van der Waals surface area contributed by atoms with Crippen LogP contribution < -0.4 is 5.32 Å². The molecule has 2 heterocycles. The quantitative estimate of drug-likeness (QED) is 0.613. The van der Waals surface area contributed by atoms with E-state index < -0.39 is 0 Å². The first kappa shape index (κ1) is 16.8. The van der Waals surface area contributed by atoms with Gasteiger partial charge >= 0.3 is 0 Å². The van der Waals surface area contributed by atoms with E-state index in [1.54, 1.807) is 12.1 Å². The average molecular weight is 365 g/mol. The summed E-state index contributed by atoms with van der Waals surface area (Å²) < 4.78 is 19.3. The van der Waals surface area contributed by atoms with Gasteiger partial charge in [0.1, 0.15) is 5.82 Å². The number of halogens is 1. The summed E-state index contributed by atoms with van der Waals surface area (Å²) in [6.45, 7) is 4.05. The monoisotopic (exact) mass is 365 g/mol. The smallest absolute Gasteiger partial charge is 0.239 e. The fraction of sp³-hybridized carbons (Fsp3) is 0.333. The fourth-order valence-electron chi connectivity index (χ4n) is 1.96. The molecule has 1 N–H and O–H groups in total. The number of benzene rings is 1. The van der Waals surface area contributed by atoms with E-state index in [9.17, 15) is 4.39 Å². The highest BCUT2D eigenvalue weighted by molar-refractivity contribution is 8.01. The van der Waals surface area contributed by atoms with Crippen molar-refractivity contribution in [1.82, 2.24) is 20.3 Å². The van der Waals surface area contributed by atoms with Crippen LogP contribution in [0.25, 0.3) is 0 Å². The predicted octanol–water partition coefficient (Wildman–Crippen LogP) is 4.61. The van der Waals surface area contributed by atoms with Crippen LogP contribution >= 0.6 is 23.1 Å². The topological polar surface area (TPSA) is 76.7 Å². The van der Waals surface area contributed by atoms with Gasteiger partial charge in [-0.25, -0.2) is 4.39 Å². The number of aromatic nitrogens is 4. The van der Waals surface area contributed by atoms with Gasteiger partial charge in [0.15, 0.2) is 10.2 Å². The Hall–Kier alpha value is -2.00. The number of hydrogen-bond acceptors (Lipinski definition) is 8. The molecular formula is C15H16FN5OS2. The third kappa shape index (κ3) is 4.30. The lowest BCUT2D eigenvalue weighted by Crippen LogP contribution is -1.90. The van der Waals surface area contributed by atoms with Gasteiger partial charge in [-0.1, -0.05) is 41.2 Å². The average Bonchev–Trinajstić information content (AvgIpc) is 3.17. The molecule has 3 rings (SSSR count). The van der Waals surface area contributed by atoms with Crippen LogP contribution in [0.2, 0.25) is 0 Å². The Kier molecular flexibility index (Phi) is 5.41. The van der Waals surface area contributed by atoms with Crippen LogP contribution in [0.4, 0.5) is 15.2 Å². The molecule has 0 aliphatic carbocycles. The van der Waals surface area contributed by atoms with E-state index in [1.807, 2.05) is 6.92 Å². The number of rotatable bonds is 7. The van der Waals surface area contributed by atoms with E-state index in [0.717, 1.165) is 23.0 Å². The summed E-state index contributed by atoms with van der Waals surface area (Å²) in [5, 5.41) is 15.8. The molecule has 9 heteroatoms. The van der Waals surface area contributed by atoms with E-state index in [2.05, 4.69) is 32.6 Å². The van der Waals surface area contributed by atoms with Crippen LogP contribution in [-0.4, -0.2) is 20.3 Å². The van der Waals surface area contributed by atoms with Crippen molar-refractivity contribution >= 4 is 33.9 Å². The molecule has 24 heavy (non-hydrogen) atoms. The largest absolute Gasteiger partial charge is 0.338 e. The molecule has 0 radical (unpaired) electrons. The maximum atomic E-state index is 13.2. The van der Waals surface area contributed by atoms with Gasteiger partial charge in [0.25, 0.3) is 0 Å². The van der Waals surface area contributed by atoms with Crippen LogP contribution in [0, 0.1) is 5.82 Å². The molecule has 0 fully saturated rings. The Morgan fingerprint density at radius 3 is 3.04 bits per heavy atom. The molecule has 0 saturated carbocycles. The minimum absolute atomic E-state index is 0.0157. The van der Waals surface area contributed by atoms with Crippen LogP contribution in [0.15, 0.2) is 33.1 Å². The van der Waals surface area contributed by atoms with Gasteiger partial charge in [-0.15, -0.1) is 10.2 Å². The molecule has 0 aliphatic heterocycles. The van der Waals surface area contributed by atoms with Gasteiger partial charge in [0, 0.05) is 12.1 Å². The Bertz CT molecular complexity index is 807. The molecular weight excluding hydrogens is 349 g/mol.